The fraction of sp³-hybridized carbons (Fsp3) is 0.118. The van der Waals surface area contributed by atoms with Gasteiger partial charge in [-0.15, -0.1) is 0 Å². The first-order chi connectivity index (χ1) is 11.8. The third kappa shape index (κ3) is 6.61. The average Bonchev–Trinajstić information content (AvgIpc) is 2.55. The Morgan fingerprint density at radius 2 is 1.72 bits per heavy atom. The fourth-order valence-electron chi connectivity index (χ4n) is 1.89. The van der Waals surface area contributed by atoms with Crippen molar-refractivity contribution in [3.8, 4) is 0 Å². The summed E-state index contributed by atoms with van der Waals surface area (Å²) >= 11 is 29.9. The highest BCUT2D eigenvalue weighted by atomic mass is 35.6. The quantitative estimate of drug-likeness (QED) is 0.345. The number of nitrogens with one attached hydrogen (secondary N) is 2. The molecule has 0 spiro atoms. The lowest BCUT2D eigenvalue weighted by atomic mass is 10.2. The summed E-state index contributed by atoms with van der Waals surface area (Å²) in [4.78, 5) is 12.1. The number of hydrogen-bond acceptors (Lipinski definition) is 2. The van der Waals surface area contributed by atoms with Crippen molar-refractivity contribution in [2.24, 2.45) is 0 Å². The van der Waals surface area contributed by atoms with Gasteiger partial charge in [0.1, 0.15) is 6.17 Å². The van der Waals surface area contributed by atoms with E-state index in [2.05, 4.69) is 10.6 Å². The number of hydrogen-bond donors (Lipinski definition) is 2. The summed E-state index contributed by atoms with van der Waals surface area (Å²) in [6.07, 6.45) is 1.97. The lowest BCUT2D eigenvalue weighted by Gasteiger charge is -2.27. The molecule has 0 aliphatic carbocycles. The number of halogens is 5. The Hall–Kier alpha value is -1.10. The summed E-state index contributed by atoms with van der Waals surface area (Å²) in [6.45, 7) is 0. The summed E-state index contributed by atoms with van der Waals surface area (Å²) in [5.74, 6) is -0.439. The SMILES string of the molecule is O=C(/C=C/c1ccccc1)NC(Nc1cc(Cl)ccc1Cl)C(Cl)(Cl)Cl. The molecule has 0 saturated heterocycles. The van der Waals surface area contributed by atoms with E-state index in [1.165, 1.54) is 6.08 Å². The normalized spacial score (nSPS) is 12.8. The minimum absolute atomic E-state index is 0.373. The van der Waals surface area contributed by atoms with Gasteiger partial charge in [0.05, 0.1) is 10.7 Å². The van der Waals surface area contributed by atoms with Gasteiger partial charge in [-0.2, -0.15) is 0 Å². The molecule has 0 aliphatic heterocycles. The van der Waals surface area contributed by atoms with Gasteiger partial charge >= 0.3 is 0 Å². The molecule has 2 rings (SSSR count). The Bertz CT molecular complexity index is 759. The zero-order chi connectivity index (χ0) is 18.4. The number of alkyl halides is 3. The maximum atomic E-state index is 12.1. The first-order valence-electron chi connectivity index (χ1n) is 7.07. The van der Waals surface area contributed by atoms with E-state index in [9.17, 15) is 4.79 Å². The molecular weight excluding hydrogens is 425 g/mol. The van der Waals surface area contributed by atoms with Crippen LogP contribution >= 0.6 is 58.0 Å². The zero-order valence-electron chi connectivity index (χ0n) is 12.6. The second-order valence-corrected chi connectivity index (χ2v) is 8.21. The molecule has 2 aromatic carbocycles. The molecule has 2 N–H and O–H groups in total. The summed E-state index contributed by atoms with van der Waals surface area (Å²) < 4.78 is -1.82. The Morgan fingerprint density at radius 1 is 1.04 bits per heavy atom. The molecule has 25 heavy (non-hydrogen) atoms. The van der Waals surface area contributed by atoms with E-state index in [1.54, 1.807) is 24.3 Å². The second kappa shape index (κ2) is 9.02. The van der Waals surface area contributed by atoms with Crippen molar-refractivity contribution in [2.75, 3.05) is 5.32 Å². The topological polar surface area (TPSA) is 41.1 Å². The Morgan fingerprint density at radius 3 is 2.36 bits per heavy atom. The monoisotopic (exact) mass is 436 g/mol. The Labute approximate surface area is 170 Å². The molecule has 3 nitrogen and oxygen atoms in total. The van der Waals surface area contributed by atoms with Crippen LogP contribution in [0.25, 0.3) is 6.08 Å². The summed E-state index contributed by atoms with van der Waals surface area (Å²) in [5, 5.41) is 6.29. The van der Waals surface area contributed by atoms with Gasteiger partial charge in [-0.25, -0.2) is 0 Å². The van der Waals surface area contributed by atoms with Gasteiger partial charge in [0, 0.05) is 11.1 Å². The van der Waals surface area contributed by atoms with Crippen LogP contribution in [0.1, 0.15) is 5.56 Å². The molecule has 1 atom stereocenters. The lowest BCUT2D eigenvalue weighted by molar-refractivity contribution is -0.116. The molecule has 0 saturated carbocycles. The van der Waals surface area contributed by atoms with Gasteiger partial charge < -0.3 is 10.6 Å². The third-order valence-electron chi connectivity index (χ3n) is 3.07. The summed E-state index contributed by atoms with van der Waals surface area (Å²) in [7, 11) is 0. The predicted octanol–water partition coefficient (Wildman–Crippen LogP) is 5.93. The van der Waals surface area contributed by atoms with E-state index >= 15 is 0 Å². The van der Waals surface area contributed by atoms with E-state index in [4.69, 9.17) is 58.0 Å². The van der Waals surface area contributed by atoms with Crippen molar-refractivity contribution in [1.29, 1.82) is 0 Å². The summed E-state index contributed by atoms with van der Waals surface area (Å²) in [6, 6.07) is 14.1. The number of carbonyl (C=O) groups excluding carboxylic acids is 1. The van der Waals surface area contributed by atoms with Crippen LogP contribution in [0.2, 0.25) is 10.0 Å². The molecule has 0 fully saturated rings. The van der Waals surface area contributed by atoms with Crippen LogP contribution in [0.5, 0.6) is 0 Å². The van der Waals surface area contributed by atoms with E-state index in [-0.39, 0.29) is 0 Å². The smallest absolute Gasteiger partial charge is 0.245 e. The van der Waals surface area contributed by atoms with Crippen molar-refractivity contribution in [2.45, 2.75) is 9.96 Å². The zero-order valence-corrected chi connectivity index (χ0v) is 16.4. The lowest BCUT2D eigenvalue weighted by Crippen LogP contribution is -2.48. The van der Waals surface area contributed by atoms with E-state index in [1.807, 2.05) is 30.3 Å². The average molecular weight is 439 g/mol. The molecular formula is C17H13Cl5N2O. The number of amides is 1. The van der Waals surface area contributed by atoms with Crippen molar-refractivity contribution in [1.82, 2.24) is 5.32 Å². The van der Waals surface area contributed by atoms with Gasteiger partial charge in [-0.3, -0.25) is 4.79 Å². The van der Waals surface area contributed by atoms with Crippen LogP contribution in [0.4, 0.5) is 5.69 Å². The molecule has 0 bridgehead atoms. The van der Waals surface area contributed by atoms with Crippen LogP contribution < -0.4 is 10.6 Å². The van der Waals surface area contributed by atoms with Crippen molar-refractivity contribution in [3.05, 3.63) is 70.2 Å². The first kappa shape index (κ1) is 20.2. The third-order valence-corrected chi connectivity index (χ3v) is 4.29. The van der Waals surface area contributed by atoms with Crippen LogP contribution in [0.3, 0.4) is 0 Å². The van der Waals surface area contributed by atoms with Gasteiger partial charge in [0.2, 0.25) is 9.70 Å². The van der Waals surface area contributed by atoms with E-state index in [0.717, 1.165) is 5.56 Å². The standard InChI is InChI=1S/C17H13Cl5N2O/c18-12-7-8-13(19)14(10-12)23-16(17(20,21)22)24-15(25)9-6-11-4-2-1-3-5-11/h1-10,16,23H,(H,24,25)/b9-6+. The van der Waals surface area contributed by atoms with Crippen LogP contribution in [-0.4, -0.2) is 15.9 Å². The molecule has 0 aromatic heterocycles. The summed E-state index contributed by atoms with van der Waals surface area (Å²) in [5.41, 5.74) is 1.30. The van der Waals surface area contributed by atoms with Gasteiger partial charge in [0.15, 0.2) is 0 Å². The fourth-order valence-corrected chi connectivity index (χ4v) is 2.56. The molecule has 0 aliphatic rings. The molecule has 8 heteroatoms. The second-order valence-electron chi connectivity index (χ2n) is 5.00. The van der Waals surface area contributed by atoms with E-state index < -0.39 is 15.9 Å². The maximum Gasteiger partial charge on any atom is 0.245 e. The maximum absolute atomic E-state index is 12.1. The Kier molecular flexibility index (Phi) is 7.29. The van der Waals surface area contributed by atoms with Crippen LogP contribution in [0.15, 0.2) is 54.6 Å². The number of rotatable bonds is 5. The minimum Gasteiger partial charge on any atom is -0.361 e. The number of carbonyl (C=O) groups is 1. The molecule has 1 unspecified atom stereocenters. The highest BCUT2D eigenvalue weighted by Crippen LogP contribution is 2.33. The van der Waals surface area contributed by atoms with Gasteiger partial charge in [-0.05, 0) is 29.8 Å². The minimum atomic E-state index is -1.82. The number of anilines is 1. The first-order valence-corrected chi connectivity index (χ1v) is 8.96. The van der Waals surface area contributed by atoms with Crippen LogP contribution in [-0.2, 0) is 4.79 Å². The van der Waals surface area contributed by atoms with Crippen LogP contribution in [0, 0.1) is 0 Å². The molecule has 0 heterocycles. The molecule has 132 valence electrons. The molecule has 1 amide bonds. The van der Waals surface area contributed by atoms with E-state index in [0.29, 0.717) is 15.7 Å². The van der Waals surface area contributed by atoms with Gasteiger partial charge in [0.25, 0.3) is 0 Å². The number of benzene rings is 2. The Balaban J connectivity index is 2.11. The van der Waals surface area contributed by atoms with Crippen molar-refractivity contribution >= 4 is 75.7 Å². The van der Waals surface area contributed by atoms with Crippen molar-refractivity contribution in [3.63, 3.8) is 0 Å². The van der Waals surface area contributed by atoms with Gasteiger partial charge in [-0.1, -0.05) is 88.3 Å². The molecule has 0 radical (unpaired) electrons. The predicted molar refractivity (Wildman–Crippen MR) is 108 cm³/mol. The molecule has 2 aromatic rings. The highest BCUT2D eigenvalue weighted by Gasteiger charge is 2.34. The largest absolute Gasteiger partial charge is 0.361 e. The van der Waals surface area contributed by atoms with Crippen molar-refractivity contribution < 1.29 is 4.79 Å². The highest BCUT2D eigenvalue weighted by molar-refractivity contribution is 6.68.